The number of primary amides is 1. The molecule has 158 valence electrons. The van der Waals surface area contributed by atoms with Crippen molar-refractivity contribution in [2.75, 3.05) is 5.73 Å². The van der Waals surface area contributed by atoms with Crippen LogP contribution in [0.3, 0.4) is 0 Å². The van der Waals surface area contributed by atoms with Crippen LogP contribution in [0, 0.1) is 0 Å². The number of hydrogen-bond donors (Lipinski definition) is 2. The van der Waals surface area contributed by atoms with Crippen LogP contribution in [0.2, 0.25) is 10.0 Å². The van der Waals surface area contributed by atoms with Gasteiger partial charge in [-0.1, -0.05) is 67.0 Å². The second kappa shape index (κ2) is 9.64. The van der Waals surface area contributed by atoms with E-state index >= 15 is 0 Å². The third-order valence-electron chi connectivity index (χ3n) is 4.35. The molecule has 1 amide bonds. The summed E-state index contributed by atoms with van der Waals surface area (Å²) in [5.74, 6) is 0.709. The van der Waals surface area contributed by atoms with Gasteiger partial charge < -0.3 is 20.8 Å². The lowest BCUT2D eigenvalue weighted by atomic mass is 10.1. The molecule has 0 unspecified atom stereocenters. The van der Waals surface area contributed by atoms with E-state index in [1.54, 1.807) is 6.07 Å². The van der Waals surface area contributed by atoms with Crippen molar-refractivity contribution in [1.82, 2.24) is 9.55 Å². The fourth-order valence-corrected chi connectivity index (χ4v) is 4.86. The number of amides is 1. The number of halogens is 2. The zero-order chi connectivity index (χ0) is 21.8. The Kier molecular flexibility index (Phi) is 7.18. The number of para-hydroxylation sites is 1. The number of anilines is 1. The summed E-state index contributed by atoms with van der Waals surface area (Å²) < 4.78 is 7.04. The van der Waals surface area contributed by atoms with E-state index in [4.69, 9.17) is 44.4 Å². The van der Waals surface area contributed by atoms with Crippen LogP contribution in [0.25, 0.3) is 0 Å². The number of nitrogens with zero attached hydrogens (tertiary/aromatic N) is 2. The topological polar surface area (TPSA) is 96.2 Å². The van der Waals surface area contributed by atoms with Gasteiger partial charge in [0, 0.05) is 20.6 Å². The molecule has 9 heteroatoms. The van der Waals surface area contributed by atoms with Gasteiger partial charge in [0.05, 0.1) is 12.2 Å². The molecule has 4 N–H and O–H groups in total. The molecule has 1 aromatic heterocycles. The van der Waals surface area contributed by atoms with Crippen molar-refractivity contribution in [3.05, 3.63) is 69.6 Å². The van der Waals surface area contributed by atoms with Crippen LogP contribution in [0.4, 0.5) is 10.5 Å². The smallest absolute Gasteiger partial charge is 0.404 e. The summed E-state index contributed by atoms with van der Waals surface area (Å²) in [7, 11) is 0. The third kappa shape index (κ3) is 5.41. The highest BCUT2D eigenvalue weighted by molar-refractivity contribution is 7.99. The number of carbonyl (C=O) groups is 1. The molecule has 0 aliphatic carbocycles. The molecule has 6 nitrogen and oxygen atoms in total. The number of rotatable bonds is 7. The van der Waals surface area contributed by atoms with E-state index in [9.17, 15) is 4.79 Å². The van der Waals surface area contributed by atoms with Gasteiger partial charge in [0.25, 0.3) is 0 Å². The first-order valence-corrected chi connectivity index (χ1v) is 10.8. The van der Waals surface area contributed by atoms with E-state index in [0.29, 0.717) is 28.1 Å². The summed E-state index contributed by atoms with van der Waals surface area (Å²) in [4.78, 5) is 16.8. The van der Waals surface area contributed by atoms with E-state index in [2.05, 4.69) is 13.8 Å². The van der Waals surface area contributed by atoms with Crippen LogP contribution in [0.1, 0.15) is 36.8 Å². The van der Waals surface area contributed by atoms with Gasteiger partial charge in [-0.3, -0.25) is 0 Å². The molecule has 0 fully saturated rings. The zero-order valence-corrected chi connectivity index (χ0v) is 18.9. The minimum Gasteiger partial charge on any atom is -0.442 e. The standard InChI is InChI=1S/C21H22Cl2N4O2S/c1-12(2)19-20(30-16-8-14(22)7-15(23)9-16)27(18(26-19)11-29-21(25)28)10-13-5-3-4-6-17(13)24/h3-9,12H,10-11,24H2,1-2H3,(H2,25,28). The summed E-state index contributed by atoms with van der Waals surface area (Å²) in [5.41, 5.74) is 13.8. The van der Waals surface area contributed by atoms with Crippen LogP contribution in [0.15, 0.2) is 52.4 Å². The molecule has 2 aromatic carbocycles. The first kappa shape index (κ1) is 22.3. The van der Waals surface area contributed by atoms with Gasteiger partial charge in [-0.25, -0.2) is 9.78 Å². The molecule has 0 saturated carbocycles. The minimum absolute atomic E-state index is 0.0430. The summed E-state index contributed by atoms with van der Waals surface area (Å²) >= 11 is 13.9. The molecule has 0 aliphatic rings. The van der Waals surface area contributed by atoms with Crippen molar-refractivity contribution in [3.63, 3.8) is 0 Å². The Balaban J connectivity index is 2.11. The predicted molar refractivity (Wildman–Crippen MR) is 121 cm³/mol. The van der Waals surface area contributed by atoms with Crippen molar-refractivity contribution in [3.8, 4) is 0 Å². The fraction of sp³-hybridized carbons (Fsp3) is 0.238. The highest BCUT2D eigenvalue weighted by atomic mass is 35.5. The number of imidazole rings is 1. The molecule has 0 saturated heterocycles. The average molecular weight is 465 g/mol. The molecule has 0 radical (unpaired) electrons. The van der Waals surface area contributed by atoms with Gasteiger partial charge in [0.15, 0.2) is 6.61 Å². The molecule has 0 spiro atoms. The Labute approximate surface area is 189 Å². The van der Waals surface area contributed by atoms with Crippen LogP contribution < -0.4 is 11.5 Å². The quantitative estimate of drug-likeness (QED) is 0.437. The summed E-state index contributed by atoms with van der Waals surface area (Å²) in [6.45, 7) is 4.52. The molecule has 0 aliphatic heterocycles. The Morgan fingerprint density at radius 2 is 1.87 bits per heavy atom. The van der Waals surface area contributed by atoms with E-state index in [1.165, 1.54) is 11.8 Å². The molecule has 0 atom stereocenters. The van der Waals surface area contributed by atoms with Crippen molar-refractivity contribution in [2.45, 2.75) is 42.8 Å². The van der Waals surface area contributed by atoms with Gasteiger partial charge in [-0.2, -0.15) is 0 Å². The molecule has 30 heavy (non-hydrogen) atoms. The summed E-state index contributed by atoms with van der Waals surface area (Å²) in [5, 5.41) is 1.99. The lowest BCUT2D eigenvalue weighted by Crippen LogP contribution is -2.16. The second-order valence-corrected chi connectivity index (χ2v) is 8.91. The Morgan fingerprint density at radius 1 is 1.20 bits per heavy atom. The maximum Gasteiger partial charge on any atom is 0.404 e. The fourth-order valence-electron chi connectivity index (χ4n) is 2.94. The highest BCUT2D eigenvalue weighted by Crippen LogP contribution is 2.38. The van der Waals surface area contributed by atoms with Gasteiger partial charge in [0.1, 0.15) is 10.9 Å². The number of nitrogen functional groups attached to an aromatic ring is 1. The molecule has 3 rings (SSSR count). The Morgan fingerprint density at radius 3 is 2.47 bits per heavy atom. The first-order valence-electron chi connectivity index (χ1n) is 9.23. The monoisotopic (exact) mass is 464 g/mol. The molecular formula is C21H22Cl2N4O2S. The third-order valence-corrected chi connectivity index (χ3v) is 5.88. The summed E-state index contributed by atoms with van der Waals surface area (Å²) in [6, 6.07) is 13.0. The number of hydrogen-bond acceptors (Lipinski definition) is 5. The number of aromatic nitrogens is 2. The van der Waals surface area contributed by atoms with Gasteiger partial charge in [-0.15, -0.1) is 0 Å². The largest absolute Gasteiger partial charge is 0.442 e. The lowest BCUT2D eigenvalue weighted by molar-refractivity contribution is 0.145. The van der Waals surface area contributed by atoms with E-state index < -0.39 is 6.09 Å². The van der Waals surface area contributed by atoms with Gasteiger partial charge in [0.2, 0.25) is 0 Å². The van der Waals surface area contributed by atoms with Gasteiger partial charge in [-0.05, 0) is 35.7 Å². The predicted octanol–water partition coefficient (Wildman–Crippen LogP) is 5.69. The zero-order valence-electron chi connectivity index (χ0n) is 16.6. The van der Waals surface area contributed by atoms with E-state index in [0.717, 1.165) is 21.2 Å². The van der Waals surface area contributed by atoms with Crippen LogP contribution in [-0.2, 0) is 17.9 Å². The molecule has 1 heterocycles. The maximum absolute atomic E-state index is 11.2. The van der Waals surface area contributed by atoms with Crippen molar-refractivity contribution in [2.24, 2.45) is 5.73 Å². The van der Waals surface area contributed by atoms with Crippen molar-refractivity contribution in [1.29, 1.82) is 0 Å². The van der Waals surface area contributed by atoms with Crippen molar-refractivity contribution >= 4 is 46.7 Å². The lowest BCUT2D eigenvalue weighted by Gasteiger charge is -2.15. The molecule has 3 aromatic rings. The Bertz CT molecular complexity index is 1050. The number of carbonyl (C=O) groups excluding carboxylic acids is 1. The maximum atomic E-state index is 11.2. The first-order chi connectivity index (χ1) is 14.2. The minimum atomic E-state index is -0.856. The van der Waals surface area contributed by atoms with E-state index in [-0.39, 0.29) is 12.5 Å². The highest BCUT2D eigenvalue weighted by Gasteiger charge is 2.22. The molecule has 0 bridgehead atoms. The summed E-state index contributed by atoms with van der Waals surface area (Å²) in [6.07, 6.45) is -0.856. The number of nitrogens with two attached hydrogens (primary N) is 2. The van der Waals surface area contributed by atoms with Crippen LogP contribution in [-0.4, -0.2) is 15.6 Å². The number of benzene rings is 2. The van der Waals surface area contributed by atoms with Crippen molar-refractivity contribution < 1.29 is 9.53 Å². The second-order valence-electron chi connectivity index (χ2n) is 6.97. The van der Waals surface area contributed by atoms with E-state index in [1.807, 2.05) is 41.0 Å². The van der Waals surface area contributed by atoms with Crippen LogP contribution >= 0.6 is 35.0 Å². The Hall–Kier alpha value is -2.35. The normalized spacial score (nSPS) is 11.1. The average Bonchev–Trinajstić information content (AvgIpc) is 2.98. The van der Waals surface area contributed by atoms with Crippen LogP contribution in [0.5, 0.6) is 0 Å². The molecular weight excluding hydrogens is 443 g/mol. The SMILES string of the molecule is CC(C)c1nc(COC(N)=O)n(Cc2ccccc2N)c1Sc1cc(Cl)cc(Cl)c1. The number of ether oxygens (including phenoxy) is 1. The van der Waals surface area contributed by atoms with Gasteiger partial charge >= 0.3 is 6.09 Å².